The van der Waals surface area contributed by atoms with Gasteiger partial charge in [-0.3, -0.25) is 9.20 Å². The van der Waals surface area contributed by atoms with Crippen molar-refractivity contribution in [2.75, 3.05) is 25.4 Å². The highest BCUT2D eigenvalue weighted by atomic mass is 32.2. The highest BCUT2D eigenvalue weighted by Crippen LogP contribution is 2.23. The predicted molar refractivity (Wildman–Crippen MR) is 115 cm³/mol. The van der Waals surface area contributed by atoms with E-state index in [1.165, 1.54) is 0 Å². The van der Waals surface area contributed by atoms with Crippen molar-refractivity contribution in [2.24, 2.45) is 4.99 Å². The molecule has 0 amide bonds. The average Bonchev–Trinajstić information content (AvgIpc) is 2.68. The van der Waals surface area contributed by atoms with Gasteiger partial charge in [0.25, 0.3) is 0 Å². The Hall–Kier alpha value is -1.56. The van der Waals surface area contributed by atoms with Crippen molar-refractivity contribution in [3.63, 3.8) is 0 Å². The van der Waals surface area contributed by atoms with Crippen LogP contribution in [0.1, 0.15) is 51.5 Å². The van der Waals surface area contributed by atoms with Gasteiger partial charge >= 0.3 is 0 Å². The number of guanidine groups is 1. The second kappa shape index (κ2) is 12.0. The van der Waals surface area contributed by atoms with Gasteiger partial charge in [-0.15, -0.1) is 0 Å². The molecule has 6 heteroatoms. The number of aryl methyl sites for hydroxylation is 1. The van der Waals surface area contributed by atoms with Crippen LogP contribution < -0.4 is 15.4 Å². The summed E-state index contributed by atoms with van der Waals surface area (Å²) in [7, 11) is -0.698. The summed E-state index contributed by atoms with van der Waals surface area (Å²) in [6.45, 7) is 8.37. The molecule has 152 valence electrons. The fourth-order valence-corrected chi connectivity index (χ4v) is 4.77. The number of benzene rings is 1. The molecule has 2 N–H and O–H groups in total. The molecular weight excluding hydrogens is 358 g/mol. The number of hydrogen-bond acceptors (Lipinski definition) is 3. The van der Waals surface area contributed by atoms with Crippen LogP contribution in [0, 0.1) is 6.92 Å². The summed E-state index contributed by atoms with van der Waals surface area (Å²) in [5, 5.41) is 7.20. The van der Waals surface area contributed by atoms with Gasteiger partial charge in [0, 0.05) is 47.4 Å². The lowest BCUT2D eigenvalue weighted by Crippen LogP contribution is -2.46. The van der Waals surface area contributed by atoms with Gasteiger partial charge in [-0.25, -0.2) is 0 Å². The van der Waals surface area contributed by atoms with E-state index in [4.69, 9.17) is 4.74 Å². The quantitative estimate of drug-likeness (QED) is 0.383. The molecule has 0 radical (unpaired) electrons. The van der Waals surface area contributed by atoms with Crippen molar-refractivity contribution in [1.29, 1.82) is 0 Å². The maximum Gasteiger partial charge on any atom is 0.191 e. The third-order valence-corrected chi connectivity index (χ3v) is 6.63. The monoisotopic (exact) mass is 393 g/mol. The minimum absolute atomic E-state index is 0.326. The molecule has 0 spiro atoms. The third-order valence-electron chi connectivity index (χ3n) is 4.89. The Morgan fingerprint density at radius 2 is 2.11 bits per heavy atom. The lowest BCUT2D eigenvalue weighted by Gasteiger charge is -2.30. The molecule has 27 heavy (non-hydrogen) atoms. The average molecular weight is 394 g/mol. The first kappa shape index (κ1) is 21.7. The summed E-state index contributed by atoms with van der Waals surface area (Å²) < 4.78 is 18.0. The molecule has 1 aromatic rings. The Balaban J connectivity index is 1.78. The van der Waals surface area contributed by atoms with Crippen LogP contribution in [0.5, 0.6) is 5.75 Å². The molecule has 0 heterocycles. The van der Waals surface area contributed by atoms with Crippen molar-refractivity contribution in [2.45, 2.75) is 64.2 Å². The SMILES string of the molecule is CCNC(=NCCCOc1ccccc1C)NC1CCCC(S(=O)CC)C1. The van der Waals surface area contributed by atoms with Crippen molar-refractivity contribution in [3.8, 4) is 5.75 Å². The maximum absolute atomic E-state index is 12.1. The zero-order chi connectivity index (χ0) is 19.5. The van der Waals surface area contributed by atoms with E-state index in [0.717, 1.165) is 68.2 Å². The smallest absolute Gasteiger partial charge is 0.191 e. The first-order valence-electron chi connectivity index (χ1n) is 10.2. The molecule has 0 saturated heterocycles. The van der Waals surface area contributed by atoms with E-state index >= 15 is 0 Å². The summed E-state index contributed by atoms with van der Waals surface area (Å²) in [4.78, 5) is 4.69. The molecule has 1 aromatic carbocycles. The minimum Gasteiger partial charge on any atom is -0.493 e. The van der Waals surface area contributed by atoms with E-state index in [9.17, 15) is 4.21 Å². The number of ether oxygens (including phenoxy) is 1. The van der Waals surface area contributed by atoms with Crippen LogP contribution in [0.4, 0.5) is 0 Å². The number of aliphatic imine (C=N–C) groups is 1. The van der Waals surface area contributed by atoms with E-state index in [2.05, 4.69) is 35.5 Å². The summed E-state index contributed by atoms with van der Waals surface area (Å²) in [5.41, 5.74) is 1.16. The largest absolute Gasteiger partial charge is 0.493 e. The van der Waals surface area contributed by atoms with Crippen molar-refractivity contribution in [1.82, 2.24) is 10.6 Å². The van der Waals surface area contributed by atoms with Crippen LogP contribution in [0.25, 0.3) is 0 Å². The third kappa shape index (κ3) is 7.53. The Morgan fingerprint density at radius 3 is 2.85 bits per heavy atom. The van der Waals surface area contributed by atoms with Gasteiger partial charge in [0.1, 0.15) is 5.75 Å². The molecule has 2 rings (SSSR count). The maximum atomic E-state index is 12.1. The van der Waals surface area contributed by atoms with E-state index < -0.39 is 10.8 Å². The van der Waals surface area contributed by atoms with E-state index in [1.54, 1.807) is 0 Å². The Labute approximate surface area is 166 Å². The van der Waals surface area contributed by atoms with Crippen molar-refractivity contribution < 1.29 is 8.95 Å². The summed E-state index contributed by atoms with van der Waals surface area (Å²) >= 11 is 0. The lowest BCUT2D eigenvalue weighted by atomic mass is 9.95. The van der Waals surface area contributed by atoms with Gasteiger partial charge in [0.15, 0.2) is 5.96 Å². The molecule has 1 aliphatic rings. The molecule has 3 atom stereocenters. The minimum atomic E-state index is -0.698. The number of para-hydroxylation sites is 1. The highest BCUT2D eigenvalue weighted by molar-refractivity contribution is 7.85. The fraction of sp³-hybridized carbons (Fsp3) is 0.667. The van der Waals surface area contributed by atoms with Crippen LogP contribution in [0.2, 0.25) is 0 Å². The van der Waals surface area contributed by atoms with Crippen LogP contribution in [0.3, 0.4) is 0 Å². The second-order valence-corrected chi connectivity index (χ2v) is 9.03. The molecule has 1 saturated carbocycles. The fourth-order valence-electron chi connectivity index (χ4n) is 3.42. The molecule has 1 aliphatic carbocycles. The van der Waals surface area contributed by atoms with Gasteiger partial charge < -0.3 is 15.4 Å². The van der Waals surface area contributed by atoms with Gasteiger partial charge in [-0.05, 0) is 44.7 Å². The number of hydrogen-bond donors (Lipinski definition) is 2. The van der Waals surface area contributed by atoms with Gasteiger partial charge in [0.2, 0.25) is 0 Å². The Kier molecular flexibility index (Phi) is 9.67. The molecule has 5 nitrogen and oxygen atoms in total. The molecule has 0 aromatic heterocycles. The van der Waals surface area contributed by atoms with Gasteiger partial charge in [0.05, 0.1) is 6.61 Å². The molecule has 0 bridgehead atoms. The summed E-state index contributed by atoms with van der Waals surface area (Å²) in [6.07, 6.45) is 5.19. The van der Waals surface area contributed by atoms with Gasteiger partial charge in [-0.2, -0.15) is 0 Å². The first-order valence-corrected chi connectivity index (χ1v) is 11.6. The van der Waals surface area contributed by atoms with Crippen molar-refractivity contribution >= 4 is 16.8 Å². The number of nitrogens with one attached hydrogen (secondary N) is 2. The van der Waals surface area contributed by atoms with Crippen LogP contribution >= 0.6 is 0 Å². The van der Waals surface area contributed by atoms with Crippen molar-refractivity contribution in [3.05, 3.63) is 29.8 Å². The zero-order valence-electron chi connectivity index (χ0n) is 17.0. The van der Waals surface area contributed by atoms with Crippen LogP contribution in [-0.2, 0) is 10.8 Å². The van der Waals surface area contributed by atoms with E-state index in [0.29, 0.717) is 17.9 Å². The van der Waals surface area contributed by atoms with E-state index in [-0.39, 0.29) is 0 Å². The first-order chi connectivity index (χ1) is 13.1. The molecule has 0 aliphatic heterocycles. The zero-order valence-corrected chi connectivity index (χ0v) is 17.8. The molecule has 3 unspecified atom stereocenters. The predicted octanol–water partition coefficient (Wildman–Crippen LogP) is 3.40. The highest BCUT2D eigenvalue weighted by Gasteiger charge is 2.25. The molecule has 1 fully saturated rings. The normalized spacial score (nSPS) is 21.5. The Morgan fingerprint density at radius 1 is 1.30 bits per heavy atom. The second-order valence-electron chi connectivity index (χ2n) is 7.03. The number of nitrogens with zero attached hydrogens (tertiary/aromatic N) is 1. The molecular formula is C21H35N3O2S. The van der Waals surface area contributed by atoms with Crippen LogP contribution in [-0.4, -0.2) is 46.9 Å². The number of rotatable bonds is 9. The van der Waals surface area contributed by atoms with Gasteiger partial charge in [-0.1, -0.05) is 31.5 Å². The van der Waals surface area contributed by atoms with E-state index in [1.807, 2.05) is 25.1 Å². The summed E-state index contributed by atoms with van der Waals surface area (Å²) in [6, 6.07) is 8.44. The standard InChI is InChI=1S/C21H35N3O2S/c1-4-22-21(24-18-11-8-12-19(16-18)27(25)5-2)23-14-9-15-26-20-13-7-6-10-17(20)3/h6-7,10,13,18-19H,4-5,8-9,11-12,14-16H2,1-3H3,(H2,22,23,24). The Bertz CT molecular complexity index is 621. The summed E-state index contributed by atoms with van der Waals surface area (Å²) in [5.74, 6) is 2.57. The lowest BCUT2D eigenvalue weighted by molar-refractivity contribution is 0.311. The van der Waals surface area contributed by atoms with Crippen LogP contribution in [0.15, 0.2) is 29.3 Å². The topological polar surface area (TPSA) is 62.7 Å².